The minimum absolute atomic E-state index is 0.0439. The van der Waals surface area contributed by atoms with Crippen LogP contribution < -0.4 is 0 Å². The van der Waals surface area contributed by atoms with Crippen LogP contribution in [-0.2, 0) is 14.3 Å². The maximum atomic E-state index is 13.7. The molecule has 19 heteroatoms. The molecule has 0 fully saturated rings. The van der Waals surface area contributed by atoms with Gasteiger partial charge in [-0.05, 0) is 6.42 Å². The maximum Gasteiger partial charge on any atom is 0.460 e. The Labute approximate surface area is 173 Å². The summed E-state index contributed by atoms with van der Waals surface area (Å²) in [6, 6.07) is 0. The Morgan fingerprint density at radius 2 is 1.03 bits per heavy atom. The van der Waals surface area contributed by atoms with Crippen LogP contribution in [0.25, 0.3) is 0 Å². The fourth-order valence-electron chi connectivity index (χ4n) is 1.87. The quantitative estimate of drug-likeness (QED) is 0.304. The van der Waals surface area contributed by atoms with Crippen molar-refractivity contribution in [3.05, 3.63) is 0 Å². The van der Waals surface area contributed by atoms with E-state index in [1.54, 1.807) is 0 Å². The number of halogens is 15. The second-order valence-corrected chi connectivity index (χ2v) is 6.33. The summed E-state index contributed by atoms with van der Waals surface area (Å²) in [5.41, 5.74) is 0. The Kier molecular flexibility index (Phi) is 8.35. The zero-order valence-electron chi connectivity index (χ0n) is 16.0. The molecule has 0 atom stereocenters. The van der Waals surface area contributed by atoms with Crippen molar-refractivity contribution < 1.29 is 80.2 Å². The standard InChI is InChI=1S/C14H12F15NO3/c1-3-4-33-6(31)5-30(2)7(32)8(15,16)9(17,18)10(19,20)11(21,22)12(23,24)13(25,26)14(27,28)29/h3-5H2,1-2H3. The molecule has 33 heavy (non-hydrogen) atoms. The third-order valence-electron chi connectivity index (χ3n) is 3.78. The molecule has 196 valence electrons. The largest absolute Gasteiger partial charge is 0.464 e. The average molecular weight is 527 g/mol. The minimum atomic E-state index is -8.50. The number of esters is 1. The van der Waals surface area contributed by atoms with Crippen molar-refractivity contribution in [3.8, 4) is 0 Å². The van der Waals surface area contributed by atoms with Crippen molar-refractivity contribution in [1.82, 2.24) is 4.90 Å². The predicted octanol–water partition coefficient (Wildman–Crippen LogP) is 4.77. The van der Waals surface area contributed by atoms with Crippen molar-refractivity contribution in [2.45, 2.75) is 55.1 Å². The van der Waals surface area contributed by atoms with Crippen LogP contribution in [0.2, 0.25) is 0 Å². The van der Waals surface area contributed by atoms with E-state index in [-0.39, 0.29) is 13.5 Å². The van der Waals surface area contributed by atoms with E-state index >= 15 is 0 Å². The number of carbonyl (C=O) groups excluding carboxylic acids is 2. The highest BCUT2D eigenvalue weighted by Crippen LogP contribution is 2.62. The molecule has 0 rings (SSSR count). The third-order valence-corrected chi connectivity index (χ3v) is 3.78. The highest BCUT2D eigenvalue weighted by atomic mass is 19.4. The molecule has 0 aliphatic rings. The second-order valence-electron chi connectivity index (χ2n) is 6.33. The summed E-state index contributed by atoms with van der Waals surface area (Å²) in [5, 5.41) is 0. The van der Waals surface area contributed by atoms with Crippen LogP contribution in [0.15, 0.2) is 0 Å². The third kappa shape index (κ3) is 4.76. The van der Waals surface area contributed by atoms with E-state index in [9.17, 15) is 75.4 Å². The van der Waals surface area contributed by atoms with Gasteiger partial charge in [0, 0.05) is 7.05 Å². The molecule has 4 nitrogen and oxygen atoms in total. The molecular weight excluding hydrogens is 515 g/mol. The molecule has 0 radical (unpaired) electrons. The second kappa shape index (κ2) is 8.92. The Morgan fingerprint density at radius 3 is 1.39 bits per heavy atom. The summed E-state index contributed by atoms with van der Waals surface area (Å²) in [7, 11) is 0.0439. The molecule has 0 bridgehead atoms. The molecule has 0 saturated carbocycles. The predicted molar refractivity (Wildman–Crippen MR) is 74.6 cm³/mol. The number of hydrogen-bond acceptors (Lipinski definition) is 3. The first-order chi connectivity index (χ1) is 14.3. The maximum absolute atomic E-state index is 13.7. The number of rotatable bonds is 10. The van der Waals surface area contributed by atoms with Gasteiger partial charge in [0.2, 0.25) is 0 Å². The molecule has 1 amide bonds. The van der Waals surface area contributed by atoms with E-state index in [1.807, 2.05) is 0 Å². The van der Waals surface area contributed by atoms with Crippen LogP contribution in [0.5, 0.6) is 0 Å². The van der Waals surface area contributed by atoms with Gasteiger partial charge in [-0.2, -0.15) is 65.9 Å². The molecule has 0 aromatic carbocycles. The number of likely N-dealkylation sites (N-methyl/N-ethyl adjacent to an activating group) is 1. The van der Waals surface area contributed by atoms with E-state index in [0.717, 1.165) is 0 Å². The van der Waals surface area contributed by atoms with Crippen molar-refractivity contribution in [1.29, 1.82) is 0 Å². The number of ether oxygens (including phenoxy) is 1. The smallest absolute Gasteiger partial charge is 0.460 e. The van der Waals surface area contributed by atoms with Gasteiger partial charge in [0.1, 0.15) is 6.54 Å². The van der Waals surface area contributed by atoms with Crippen molar-refractivity contribution in [2.24, 2.45) is 0 Å². The molecule has 0 unspecified atom stereocenters. The average Bonchev–Trinajstić information content (AvgIpc) is 2.63. The summed E-state index contributed by atoms with van der Waals surface area (Å²) in [5.74, 6) is -53.7. The van der Waals surface area contributed by atoms with Crippen molar-refractivity contribution >= 4 is 11.9 Å². The van der Waals surface area contributed by atoms with Gasteiger partial charge in [0.05, 0.1) is 6.61 Å². The summed E-state index contributed by atoms with van der Waals surface area (Å²) in [4.78, 5) is 21.8. The van der Waals surface area contributed by atoms with Gasteiger partial charge in [-0.15, -0.1) is 0 Å². The van der Waals surface area contributed by atoms with Gasteiger partial charge < -0.3 is 9.64 Å². The Balaban J connectivity index is 6.32. The highest BCUT2D eigenvalue weighted by Gasteiger charge is 2.94. The fourth-order valence-corrected chi connectivity index (χ4v) is 1.87. The lowest BCUT2D eigenvalue weighted by molar-refractivity contribution is -0.449. The number of nitrogens with zero attached hydrogens (tertiary/aromatic N) is 1. The molecule has 0 heterocycles. The monoisotopic (exact) mass is 527 g/mol. The van der Waals surface area contributed by atoms with E-state index in [1.165, 1.54) is 6.92 Å². The summed E-state index contributed by atoms with van der Waals surface area (Å²) in [6.45, 7) is -0.702. The first kappa shape index (κ1) is 30.9. The number of carbonyl (C=O) groups is 2. The summed E-state index contributed by atoms with van der Waals surface area (Å²) < 4.78 is 200. The lowest BCUT2D eigenvalue weighted by Gasteiger charge is -2.41. The van der Waals surface area contributed by atoms with Crippen LogP contribution in [0.4, 0.5) is 65.9 Å². The van der Waals surface area contributed by atoms with Crippen LogP contribution >= 0.6 is 0 Å². The lowest BCUT2D eigenvalue weighted by Crippen LogP contribution is -2.74. The Morgan fingerprint density at radius 1 is 0.667 bits per heavy atom. The summed E-state index contributed by atoms with van der Waals surface area (Å²) in [6.07, 6.45) is -7.61. The van der Waals surface area contributed by atoms with Gasteiger partial charge in [-0.25, -0.2) is 0 Å². The van der Waals surface area contributed by atoms with E-state index in [2.05, 4.69) is 4.74 Å². The first-order valence-electron chi connectivity index (χ1n) is 8.03. The van der Waals surface area contributed by atoms with Crippen LogP contribution in [0.3, 0.4) is 0 Å². The molecule has 0 aliphatic carbocycles. The van der Waals surface area contributed by atoms with Crippen LogP contribution in [-0.4, -0.2) is 78.7 Å². The van der Waals surface area contributed by atoms with Gasteiger partial charge in [-0.1, -0.05) is 6.92 Å². The number of hydrogen-bond donors (Lipinski definition) is 0. The van der Waals surface area contributed by atoms with E-state index in [4.69, 9.17) is 0 Å². The molecule has 0 spiro atoms. The molecule has 0 aromatic rings. The van der Waals surface area contributed by atoms with E-state index in [0.29, 0.717) is 0 Å². The lowest BCUT2D eigenvalue weighted by atomic mass is 9.90. The Bertz CT molecular complexity index is 732. The first-order valence-corrected chi connectivity index (χ1v) is 8.03. The minimum Gasteiger partial charge on any atom is -0.464 e. The highest BCUT2D eigenvalue weighted by molar-refractivity contribution is 5.88. The van der Waals surface area contributed by atoms with Crippen molar-refractivity contribution in [3.63, 3.8) is 0 Å². The van der Waals surface area contributed by atoms with Gasteiger partial charge in [0.25, 0.3) is 5.91 Å². The molecule has 0 saturated heterocycles. The number of amides is 1. The summed E-state index contributed by atoms with van der Waals surface area (Å²) >= 11 is 0. The van der Waals surface area contributed by atoms with Gasteiger partial charge in [-0.3, -0.25) is 9.59 Å². The van der Waals surface area contributed by atoms with Gasteiger partial charge in [0.15, 0.2) is 0 Å². The van der Waals surface area contributed by atoms with Gasteiger partial charge >= 0.3 is 47.7 Å². The molecule has 0 aliphatic heterocycles. The normalized spacial score (nSPS) is 14.8. The van der Waals surface area contributed by atoms with Crippen molar-refractivity contribution in [2.75, 3.05) is 20.2 Å². The Hall–Kier alpha value is -2.11. The zero-order chi connectivity index (χ0) is 27.1. The molecular formula is C14H12F15NO3. The molecule has 0 N–H and O–H groups in total. The molecule has 0 aromatic heterocycles. The van der Waals surface area contributed by atoms with Crippen LogP contribution in [0, 0.1) is 0 Å². The zero-order valence-corrected chi connectivity index (χ0v) is 16.0. The topological polar surface area (TPSA) is 46.6 Å². The number of alkyl halides is 15. The van der Waals surface area contributed by atoms with Crippen LogP contribution in [0.1, 0.15) is 13.3 Å². The SMILES string of the molecule is CCCOC(=O)CN(C)C(=O)C(F)(F)C(F)(F)C(F)(F)C(F)(F)C(F)(F)C(F)(F)C(F)(F)F. The fraction of sp³-hybridized carbons (Fsp3) is 0.857. The van der Waals surface area contributed by atoms with E-state index < -0.39 is 71.6 Å².